The summed E-state index contributed by atoms with van der Waals surface area (Å²) in [7, 11) is 2.35. The van der Waals surface area contributed by atoms with Crippen molar-refractivity contribution in [3.63, 3.8) is 0 Å². The highest BCUT2D eigenvalue weighted by atomic mass is 15.2. The average molecular weight is 253 g/mol. The van der Waals surface area contributed by atoms with Gasteiger partial charge in [0.05, 0.1) is 0 Å². The van der Waals surface area contributed by atoms with Crippen LogP contribution in [0.15, 0.2) is 0 Å². The van der Waals surface area contributed by atoms with E-state index in [1.165, 1.54) is 58.4 Å². The van der Waals surface area contributed by atoms with Crippen LogP contribution in [0.4, 0.5) is 0 Å². The first-order valence-electron chi connectivity index (χ1n) is 7.85. The van der Waals surface area contributed by atoms with Gasteiger partial charge in [-0.25, -0.2) is 0 Å². The van der Waals surface area contributed by atoms with Crippen LogP contribution >= 0.6 is 0 Å². The van der Waals surface area contributed by atoms with E-state index in [0.717, 1.165) is 18.0 Å². The van der Waals surface area contributed by atoms with Gasteiger partial charge >= 0.3 is 0 Å². The standard InChI is InChI=1S/C15H31N3/c1-4-18-10-7-15(11-13(18)2)17(3)12-14-5-8-16-9-6-14/h13-16H,4-12H2,1-3H3. The van der Waals surface area contributed by atoms with Gasteiger partial charge in [0.2, 0.25) is 0 Å². The molecule has 0 aromatic rings. The maximum absolute atomic E-state index is 3.46. The summed E-state index contributed by atoms with van der Waals surface area (Å²) in [6.07, 6.45) is 5.45. The largest absolute Gasteiger partial charge is 0.317 e. The second-order valence-electron chi connectivity index (χ2n) is 6.29. The van der Waals surface area contributed by atoms with Crippen molar-refractivity contribution in [2.45, 2.75) is 51.6 Å². The van der Waals surface area contributed by atoms with Gasteiger partial charge in [-0.2, -0.15) is 0 Å². The van der Waals surface area contributed by atoms with Gasteiger partial charge in [-0.05, 0) is 71.8 Å². The van der Waals surface area contributed by atoms with E-state index in [9.17, 15) is 0 Å². The van der Waals surface area contributed by atoms with E-state index in [1.807, 2.05) is 0 Å². The van der Waals surface area contributed by atoms with Crippen LogP contribution in [-0.2, 0) is 0 Å². The van der Waals surface area contributed by atoms with Crippen LogP contribution in [0.2, 0.25) is 0 Å². The van der Waals surface area contributed by atoms with Gasteiger partial charge in [0.15, 0.2) is 0 Å². The normalized spacial score (nSPS) is 32.0. The minimum atomic E-state index is 0.768. The van der Waals surface area contributed by atoms with Crippen LogP contribution in [-0.4, -0.2) is 61.7 Å². The summed E-state index contributed by atoms with van der Waals surface area (Å²) in [5.41, 5.74) is 0. The van der Waals surface area contributed by atoms with Crippen LogP contribution in [0.1, 0.15) is 39.5 Å². The molecule has 2 aliphatic rings. The summed E-state index contributed by atoms with van der Waals surface area (Å²) in [6, 6.07) is 1.59. The third-order valence-electron chi connectivity index (χ3n) is 5.02. The molecule has 2 rings (SSSR count). The first-order chi connectivity index (χ1) is 8.70. The minimum Gasteiger partial charge on any atom is -0.317 e. The van der Waals surface area contributed by atoms with Crippen LogP contribution < -0.4 is 5.32 Å². The van der Waals surface area contributed by atoms with E-state index in [1.54, 1.807) is 0 Å². The van der Waals surface area contributed by atoms with Crippen LogP contribution in [0.5, 0.6) is 0 Å². The molecule has 106 valence electrons. The molecule has 18 heavy (non-hydrogen) atoms. The Hall–Kier alpha value is -0.120. The van der Waals surface area contributed by atoms with Crippen molar-refractivity contribution in [2.24, 2.45) is 5.92 Å². The predicted octanol–water partition coefficient (Wildman–Crippen LogP) is 1.79. The van der Waals surface area contributed by atoms with Gasteiger partial charge in [0.1, 0.15) is 0 Å². The van der Waals surface area contributed by atoms with E-state index in [2.05, 4.69) is 36.0 Å². The molecule has 0 spiro atoms. The highest BCUT2D eigenvalue weighted by molar-refractivity contribution is 4.84. The van der Waals surface area contributed by atoms with E-state index >= 15 is 0 Å². The third kappa shape index (κ3) is 3.69. The highest BCUT2D eigenvalue weighted by Gasteiger charge is 2.28. The summed E-state index contributed by atoms with van der Waals surface area (Å²) < 4.78 is 0. The molecule has 0 saturated carbocycles. The molecule has 3 nitrogen and oxygen atoms in total. The van der Waals surface area contributed by atoms with Crippen LogP contribution in [0.3, 0.4) is 0 Å². The second-order valence-corrected chi connectivity index (χ2v) is 6.29. The van der Waals surface area contributed by atoms with Crippen molar-refractivity contribution < 1.29 is 0 Å². The molecule has 0 radical (unpaired) electrons. The van der Waals surface area contributed by atoms with E-state index < -0.39 is 0 Å². The lowest BCUT2D eigenvalue weighted by atomic mass is 9.93. The average Bonchev–Trinajstić information content (AvgIpc) is 2.39. The Morgan fingerprint density at radius 1 is 1.22 bits per heavy atom. The fraction of sp³-hybridized carbons (Fsp3) is 1.00. The molecule has 0 aromatic carbocycles. The fourth-order valence-electron chi connectivity index (χ4n) is 3.69. The minimum absolute atomic E-state index is 0.768. The van der Waals surface area contributed by atoms with Gasteiger partial charge in [-0.3, -0.25) is 0 Å². The van der Waals surface area contributed by atoms with Crippen molar-refractivity contribution in [3.05, 3.63) is 0 Å². The van der Waals surface area contributed by atoms with Gasteiger partial charge in [-0.1, -0.05) is 6.92 Å². The lowest BCUT2D eigenvalue weighted by molar-refractivity contribution is 0.0780. The lowest BCUT2D eigenvalue weighted by Gasteiger charge is -2.42. The summed E-state index contributed by atoms with van der Waals surface area (Å²) in [6.45, 7) is 11.0. The van der Waals surface area contributed by atoms with Crippen LogP contribution in [0, 0.1) is 5.92 Å². The summed E-state index contributed by atoms with van der Waals surface area (Å²) in [5.74, 6) is 0.927. The number of likely N-dealkylation sites (tertiary alicyclic amines) is 1. The van der Waals surface area contributed by atoms with E-state index in [-0.39, 0.29) is 0 Å². The highest BCUT2D eigenvalue weighted by Crippen LogP contribution is 2.23. The smallest absolute Gasteiger partial charge is 0.0119 e. The molecule has 2 atom stereocenters. The molecule has 0 bridgehead atoms. The molecule has 1 N–H and O–H groups in total. The summed E-state index contributed by atoms with van der Waals surface area (Å²) in [4.78, 5) is 5.27. The monoisotopic (exact) mass is 253 g/mol. The number of nitrogens with zero attached hydrogens (tertiary/aromatic N) is 2. The van der Waals surface area contributed by atoms with E-state index in [4.69, 9.17) is 0 Å². The zero-order chi connectivity index (χ0) is 13.0. The molecule has 0 aromatic heterocycles. The molecular weight excluding hydrogens is 222 g/mol. The number of hydrogen-bond acceptors (Lipinski definition) is 3. The predicted molar refractivity (Wildman–Crippen MR) is 78.0 cm³/mol. The number of hydrogen-bond donors (Lipinski definition) is 1. The first kappa shape index (κ1) is 14.3. The molecular formula is C15H31N3. The molecule has 2 aliphatic heterocycles. The molecule has 2 unspecified atom stereocenters. The topological polar surface area (TPSA) is 18.5 Å². The zero-order valence-electron chi connectivity index (χ0n) is 12.5. The van der Waals surface area contributed by atoms with Crippen LogP contribution in [0.25, 0.3) is 0 Å². The quantitative estimate of drug-likeness (QED) is 0.824. The van der Waals surface area contributed by atoms with Crippen molar-refractivity contribution >= 4 is 0 Å². The molecule has 3 heteroatoms. The van der Waals surface area contributed by atoms with E-state index in [0.29, 0.717) is 0 Å². The summed E-state index contributed by atoms with van der Waals surface area (Å²) in [5, 5.41) is 3.46. The van der Waals surface area contributed by atoms with Gasteiger partial charge in [-0.15, -0.1) is 0 Å². The maximum Gasteiger partial charge on any atom is 0.0119 e. The van der Waals surface area contributed by atoms with Gasteiger partial charge < -0.3 is 15.1 Å². The maximum atomic E-state index is 3.46. The Balaban J connectivity index is 1.76. The Bertz CT molecular complexity index is 238. The van der Waals surface area contributed by atoms with Gasteiger partial charge in [0.25, 0.3) is 0 Å². The Labute approximate surface area is 113 Å². The Morgan fingerprint density at radius 2 is 1.94 bits per heavy atom. The summed E-state index contributed by atoms with van der Waals surface area (Å²) >= 11 is 0. The third-order valence-corrected chi connectivity index (χ3v) is 5.02. The number of piperidine rings is 2. The lowest BCUT2D eigenvalue weighted by Crippen LogP contribution is -2.49. The Kier molecular flexibility index (Phi) is 5.46. The SMILES string of the molecule is CCN1CCC(N(C)CC2CCNCC2)CC1C. The number of rotatable bonds is 4. The molecule has 0 aliphatic carbocycles. The Morgan fingerprint density at radius 3 is 2.56 bits per heavy atom. The van der Waals surface area contributed by atoms with Gasteiger partial charge in [0, 0.05) is 18.6 Å². The first-order valence-corrected chi connectivity index (χ1v) is 7.85. The molecule has 2 fully saturated rings. The zero-order valence-corrected chi connectivity index (χ0v) is 12.5. The van der Waals surface area contributed by atoms with Crippen molar-refractivity contribution in [3.8, 4) is 0 Å². The van der Waals surface area contributed by atoms with Crippen molar-refractivity contribution in [2.75, 3.05) is 39.8 Å². The number of nitrogens with one attached hydrogen (secondary N) is 1. The van der Waals surface area contributed by atoms with Crippen molar-refractivity contribution in [1.82, 2.24) is 15.1 Å². The molecule has 2 saturated heterocycles. The van der Waals surface area contributed by atoms with Crippen molar-refractivity contribution in [1.29, 1.82) is 0 Å². The fourth-order valence-corrected chi connectivity index (χ4v) is 3.69. The molecule has 0 amide bonds. The second kappa shape index (κ2) is 6.88. The molecule has 2 heterocycles.